The van der Waals surface area contributed by atoms with Crippen LogP contribution in [-0.2, 0) is 5.41 Å². The first kappa shape index (κ1) is 16.3. The van der Waals surface area contributed by atoms with Crippen molar-refractivity contribution in [3.05, 3.63) is 23.9 Å². The second kappa shape index (κ2) is 6.13. The zero-order valence-electron chi connectivity index (χ0n) is 13.0. The Labute approximate surface area is 123 Å². The first-order chi connectivity index (χ1) is 8.58. The summed E-state index contributed by atoms with van der Waals surface area (Å²) < 4.78 is 0. The second-order valence-electron chi connectivity index (χ2n) is 7.43. The van der Waals surface area contributed by atoms with Crippen molar-refractivity contribution in [3.8, 4) is 0 Å². The Hall–Kier alpha value is -0.760. The predicted molar refractivity (Wildman–Crippen MR) is 85.1 cm³/mol. The fourth-order valence-electron chi connectivity index (χ4n) is 1.89. The Morgan fingerprint density at radius 1 is 1.16 bits per heavy atom. The summed E-state index contributed by atoms with van der Waals surface area (Å²) in [5, 5.41) is 3.43. The minimum atomic E-state index is 0.129. The Bertz CT molecular complexity index is 385. The highest BCUT2D eigenvalue weighted by Gasteiger charge is 2.17. The molecule has 1 atom stereocenters. The van der Waals surface area contributed by atoms with Crippen molar-refractivity contribution < 1.29 is 0 Å². The molecule has 0 saturated carbocycles. The third kappa shape index (κ3) is 6.29. The number of nitrogens with one attached hydrogen (secondary N) is 1. The van der Waals surface area contributed by atoms with Gasteiger partial charge in [-0.05, 0) is 28.9 Å². The fraction of sp³-hybridized carbons (Fsp3) is 0.688. The van der Waals surface area contributed by atoms with Gasteiger partial charge in [-0.3, -0.25) is 0 Å². The largest absolute Gasteiger partial charge is 0.369 e. The number of nitrogens with zero attached hydrogens (tertiary/aromatic N) is 1. The van der Waals surface area contributed by atoms with Crippen LogP contribution >= 0.6 is 11.6 Å². The maximum absolute atomic E-state index is 6.33. The lowest BCUT2D eigenvalue weighted by Gasteiger charge is -2.22. The maximum atomic E-state index is 6.33. The topological polar surface area (TPSA) is 24.9 Å². The van der Waals surface area contributed by atoms with Crippen LogP contribution in [0.2, 0.25) is 0 Å². The molecule has 19 heavy (non-hydrogen) atoms. The molecular weight excluding hydrogens is 256 g/mol. The van der Waals surface area contributed by atoms with Crippen molar-refractivity contribution in [2.75, 3.05) is 11.9 Å². The first-order valence-corrected chi connectivity index (χ1v) is 7.36. The first-order valence-electron chi connectivity index (χ1n) is 6.92. The Morgan fingerprint density at radius 3 is 2.21 bits per heavy atom. The van der Waals surface area contributed by atoms with Crippen molar-refractivity contribution in [2.24, 2.45) is 5.41 Å². The number of alkyl halides is 1. The molecule has 0 spiro atoms. The third-order valence-electron chi connectivity index (χ3n) is 2.97. The number of hydrogen-bond acceptors (Lipinski definition) is 2. The maximum Gasteiger partial charge on any atom is 0.125 e. The minimum absolute atomic E-state index is 0.129. The van der Waals surface area contributed by atoms with Crippen LogP contribution in [0.1, 0.15) is 53.5 Å². The van der Waals surface area contributed by atoms with Crippen LogP contribution in [-0.4, -0.2) is 16.9 Å². The summed E-state index contributed by atoms with van der Waals surface area (Å²) in [7, 11) is 0. The molecule has 1 aromatic rings. The van der Waals surface area contributed by atoms with Crippen LogP contribution in [0, 0.1) is 5.41 Å². The van der Waals surface area contributed by atoms with E-state index in [-0.39, 0.29) is 16.2 Å². The van der Waals surface area contributed by atoms with E-state index in [9.17, 15) is 0 Å². The zero-order valence-corrected chi connectivity index (χ0v) is 13.8. The summed E-state index contributed by atoms with van der Waals surface area (Å²) in [6.45, 7) is 13.9. The quantitative estimate of drug-likeness (QED) is 0.800. The number of anilines is 1. The summed E-state index contributed by atoms with van der Waals surface area (Å²) in [6, 6.07) is 4.16. The van der Waals surface area contributed by atoms with Crippen LogP contribution in [0.4, 0.5) is 5.82 Å². The lowest BCUT2D eigenvalue weighted by atomic mass is 9.88. The predicted octanol–water partition coefficient (Wildman–Crippen LogP) is 4.83. The van der Waals surface area contributed by atoms with E-state index in [1.807, 2.05) is 12.3 Å². The molecule has 0 saturated heterocycles. The molecule has 1 N–H and O–H groups in total. The SMILES string of the molecule is CC(C)(C)CC(Cl)CNc1ccc(C(C)(C)C)cn1. The molecule has 1 aromatic heterocycles. The van der Waals surface area contributed by atoms with Crippen LogP contribution < -0.4 is 5.32 Å². The van der Waals surface area contributed by atoms with Gasteiger partial charge in [0.05, 0.1) is 5.38 Å². The highest BCUT2D eigenvalue weighted by Crippen LogP contribution is 2.24. The molecule has 108 valence electrons. The zero-order chi connectivity index (χ0) is 14.7. The number of hydrogen-bond donors (Lipinski definition) is 1. The average Bonchev–Trinajstić information content (AvgIpc) is 2.23. The van der Waals surface area contributed by atoms with Gasteiger partial charge in [0.1, 0.15) is 5.82 Å². The lowest BCUT2D eigenvalue weighted by molar-refractivity contribution is 0.373. The molecule has 0 aliphatic heterocycles. The second-order valence-corrected chi connectivity index (χ2v) is 8.04. The Morgan fingerprint density at radius 2 is 1.79 bits per heavy atom. The summed E-state index contributed by atoms with van der Waals surface area (Å²) in [5.74, 6) is 0.896. The highest BCUT2D eigenvalue weighted by molar-refractivity contribution is 6.20. The van der Waals surface area contributed by atoms with Gasteiger partial charge >= 0.3 is 0 Å². The number of aromatic nitrogens is 1. The van der Waals surface area contributed by atoms with Gasteiger partial charge in [-0.15, -0.1) is 11.6 Å². The number of pyridine rings is 1. The molecule has 1 rings (SSSR count). The summed E-state index contributed by atoms with van der Waals surface area (Å²) in [6.07, 6.45) is 2.93. The van der Waals surface area contributed by atoms with Gasteiger partial charge in [-0.1, -0.05) is 47.6 Å². The summed E-state index contributed by atoms with van der Waals surface area (Å²) in [5.41, 5.74) is 1.65. The van der Waals surface area contributed by atoms with Gasteiger partial charge in [0.25, 0.3) is 0 Å². The number of halogens is 1. The third-order valence-corrected chi connectivity index (χ3v) is 3.28. The van der Waals surface area contributed by atoms with E-state index < -0.39 is 0 Å². The summed E-state index contributed by atoms with van der Waals surface area (Å²) >= 11 is 6.33. The van der Waals surface area contributed by atoms with Crippen LogP contribution in [0.3, 0.4) is 0 Å². The van der Waals surface area contributed by atoms with E-state index in [0.717, 1.165) is 18.8 Å². The molecule has 1 heterocycles. The van der Waals surface area contributed by atoms with E-state index >= 15 is 0 Å². The van der Waals surface area contributed by atoms with Gasteiger partial charge < -0.3 is 5.32 Å². The van der Waals surface area contributed by atoms with Crippen molar-refractivity contribution >= 4 is 17.4 Å². The molecule has 0 aliphatic rings. The normalized spacial score (nSPS) is 14.3. The monoisotopic (exact) mass is 282 g/mol. The van der Waals surface area contributed by atoms with E-state index in [0.29, 0.717) is 0 Å². The van der Waals surface area contributed by atoms with Crippen molar-refractivity contribution in [1.82, 2.24) is 4.98 Å². The van der Waals surface area contributed by atoms with Gasteiger partial charge in [0.2, 0.25) is 0 Å². The van der Waals surface area contributed by atoms with Crippen molar-refractivity contribution in [1.29, 1.82) is 0 Å². The average molecular weight is 283 g/mol. The highest BCUT2D eigenvalue weighted by atomic mass is 35.5. The van der Waals surface area contributed by atoms with Gasteiger partial charge in [0.15, 0.2) is 0 Å². The molecule has 1 unspecified atom stereocenters. The van der Waals surface area contributed by atoms with E-state index in [4.69, 9.17) is 11.6 Å². The fourth-order valence-corrected chi connectivity index (χ4v) is 2.43. The Balaban J connectivity index is 2.51. The van der Waals surface area contributed by atoms with Crippen LogP contribution in [0.15, 0.2) is 18.3 Å². The van der Waals surface area contributed by atoms with E-state index in [1.165, 1.54) is 5.56 Å². The molecular formula is C16H27ClN2. The Kier molecular flexibility index (Phi) is 5.26. The molecule has 0 aliphatic carbocycles. The van der Waals surface area contributed by atoms with E-state index in [2.05, 4.69) is 57.9 Å². The standard InChI is InChI=1S/C16H27ClN2/c1-15(2,3)9-13(17)11-19-14-8-7-12(10-18-14)16(4,5)6/h7-8,10,13H,9,11H2,1-6H3,(H,18,19). The van der Waals surface area contributed by atoms with Crippen molar-refractivity contribution in [3.63, 3.8) is 0 Å². The van der Waals surface area contributed by atoms with Crippen LogP contribution in [0.5, 0.6) is 0 Å². The van der Waals surface area contributed by atoms with Gasteiger partial charge in [-0.2, -0.15) is 0 Å². The van der Waals surface area contributed by atoms with Crippen LogP contribution in [0.25, 0.3) is 0 Å². The molecule has 0 radical (unpaired) electrons. The lowest BCUT2D eigenvalue weighted by Crippen LogP contribution is -2.21. The van der Waals surface area contributed by atoms with E-state index in [1.54, 1.807) is 0 Å². The molecule has 0 aromatic carbocycles. The molecule has 3 heteroatoms. The molecule has 0 bridgehead atoms. The van der Waals surface area contributed by atoms with Crippen molar-refractivity contribution in [2.45, 2.75) is 58.8 Å². The van der Waals surface area contributed by atoms with Gasteiger partial charge in [-0.25, -0.2) is 4.98 Å². The smallest absolute Gasteiger partial charge is 0.125 e. The molecule has 0 fully saturated rings. The minimum Gasteiger partial charge on any atom is -0.369 e. The van der Waals surface area contributed by atoms with Gasteiger partial charge in [0, 0.05) is 12.7 Å². The molecule has 0 amide bonds. The number of rotatable bonds is 4. The summed E-state index contributed by atoms with van der Waals surface area (Å²) in [4.78, 5) is 4.44. The molecule has 2 nitrogen and oxygen atoms in total.